The Hall–Kier alpha value is -2.67. The average Bonchev–Trinajstić information content (AvgIpc) is 2.82. The highest BCUT2D eigenvalue weighted by Gasteiger charge is 2.49. The van der Waals surface area contributed by atoms with E-state index in [1.165, 1.54) is 0 Å². The van der Waals surface area contributed by atoms with Crippen LogP contribution in [0.3, 0.4) is 0 Å². The Bertz CT molecular complexity index is 885. The van der Waals surface area contributed by atoms with Crippen LogP contribution < -0.4 is 10.6 Å². The minimum atomic E-state index is -1.17. The third-order valence-corrected chi connectivity index (χ3v) is 4.88. The van der Waals surface area contributed by atoms with Gasteiger partial charge in [0.2, 0.25) is 5.91 Å². The summed E-state index contributed by atoms with van der Waals surface area (Å²) in [5.41, 5.74) is 1.01. The van der Waals surface area contributed by atoms with Crippen LogP contribution in [-0.2, 0) is 15.1 Å². The van der Waals surface area contributed by atoms with Gasteiger partial charge in [0.05, 0.1) is 0 Å². The molecule has 134 valence electrons. The van der Waals surface area contributed by atoms with Gasteiger partial charge in [-0.2, -0.15) is 0 Å². The zero-order valence-electron chi connectivity index (χ0n) is 14.4. The molecule has 2 N–H and O–H groups in total. The number of benzene rings is 2. The largest absolute Gasteiger partial charge is 0.325 e. The van der Waals surface area contributed by atoms with Crippen LogP contribution in [0.2, 0.25) is 0 Å². The first-order valence-electron chi connectivity index (χ1n) is 8.07. The molecule has 2 aromatic rings. The quantitative estimate of drug-likeness (QED) is 0.752. The van der Waals surface area contributed by atoms with Crippen LogP contribution >= 0.6 is 15.9 Å². The van der Waals surface area contributed by atoms with Crippen molar-refractivity contribution in [3.8, 4) is 0 Å². The summed E-state index contributed by atoms with van der Waals surface area (Å²) in [6, 6.07) is 13.8. The highest BCUT2D eigenvalue weighted by molar-refractivity contribution is 9.10. The SMILES string of the molecule is Cc1cc(Br)ccc1NC(=O)CN1C(=O)NC(C)(c2ccccc2)C1=O. The average molecular weight is 416 g/mol. The molecule has 0 aromatic heterocycles. The molecule has 4 amide bonds. The summed E-state index contributed by atoms with van der Waals surface area (Å²) in [5.74, 6) is -0.882. The highest BCUT2D eigenvalue weighted by atomic mass is 79.9. The molecule has 0 spiro atoms. The van der Waals surface area contributed by atoms with E-state index in [1.54, 1.807) is 37.3 Å². The van der Waals surface area contributed by atoms with Gasteiger partial charge < -0.3 is 10.6 Å². The van der Waals surface area contributed by atoms with Crippen LogP contribution in [0.1, 0.15) is 18.1 Å². The Kier molecular flexibility index (Phi) is 4.82. The van der Waals surface area contributed by atoms with Crippen molar-refractivity contribution in [1.82, 2.24) is 10.2 Å². The van der Waals surface area contributed by atoms with Crippen LogP contribution in [0.15, 0.2) is 53.0 Å². The number of rotatable bonds is 4. The molecule has 1 unspecified atom stereocenters. The van der Waals surface area contributed by atoms with Crippen LogP contribution in [0, 0.1) is 6.92 Å². The summed E-state index contributed by atoms with van der Waals surface area (Å²) in [6.07, 6.45) is 0. The molecule has 2 aromatic carbocycles. The van der Waals surface area contributed by atoms with Crippen molar-refractivity contribution < 1.29 is 14.4 Å². The topological polar surface area (TPSA) is 78.5 Å². The van der Waals surface area contributed by atoms with Gasteiger partial charge in [0.25, 0.3) is 5.91 Å². The Labute approximate surface area is 159 Å². The maximum atomic E-state index is 12.8. The van der Waals surface area contributed by atoms with Crippen molar-refractivity contribution in [2.75, 3.05) is 11.9 Å². The Morgan fingerprint density at radius 1 is 1.19 bits per heavy atom. The smallest absolute Gasteiger partial charge is 0.324 e. The van der Waals surface area contributed by atoms with Gasteiger partial charge in [-0.3, -0.25) is 14.5 Å². The fraction of sp³-hybridized carbons (Fsp3) is 0.211. The predicted octanol–water partition coefficient (Wildman–Crippen LogP) is 3.16. The van der Waals surface area contributed by atoms with E-state index in [4.69, 9.17) is 0 Å². The van der Waals surface area contributed by atoms with Gasteiger partial charge in [0.1, 0.15) is 12.1 Å². The van der Waals surface area contributed by atoms with E-state index < -0.39 is 23.4 Å². The van der Waals surface area contributed by atoms with Crippen LogP contribution in [-0.4, -0.2) is 29.3 Å². The van der Waals surface area contributed by atoms with Gasteiger partial charge in [-0.05, 0) is 43.2 Å². The summed E-state index contributed by atoms with van der Waals surface area (Å²) in [6.45, 7) is 3.16. The molecule has 0 bridgehead atoms. The number of aryl methyl sites for hydroxylation is 1. The second kappa shape index (κ2) is 6.92. The van der Waals surface area contributed by atoms with E-state index >= 15 is 0 Å². The molecule has 3 rings (SSSR count). The lowest BCUT2D eigenvalue weighted by Crippen LogP contribution is -2.42. The lowest BCUT2D eigenvalue weighted by Gasteiger charge is -2.22. The number of imide groups is 1. The summed E-state index contributed by atoms with van der Waals surface area (Å²) in [7, 11) is 0. The minimum absolute atomic E-state index is 0.345. The van der Waals surface area contributed by atoms with Crippen molar-refractivity contribution >= 4 is 39.5 Å². The monoisotopic (exact) mass is 415 g/mol. The Morgan fingerprint density at radius 3 is 2.54 bits per heavy atom. The van der Waals surface area contributed by atoms with Gasteiger partial charge >= 0.3 is 6.03 Å². The third kappa shape index (κ3) is 3.35. The molecule has 1 aliphatic heterocycles. The summed E-state index contributed by atoms with van der Waals surface area (Å²) in [4.78, 5) is 38.4. The first kappa shape index (κ1) is 18.1. The highest BCUT2D eigenvalue weighted by Crippen LogP contribution is 2.28. The number of hydrogen-bond donors (Lipinski definition) is 2. The zero-order chi connectivity index (χ0) is 18.9. The van der Waals surface area contributed by atoms with Gasteiger partial charge in [-0.15, -0.1) is 0 Å². The van der Waals surface area contributed by atoms with E-state index in [2.05, 4.69) is 26.6 Å². The molecule has 26 heavy (non-hydrogen) atoms. The second-order valence-corrected chi connectivity index (χ2v) is 7.24. The van der Waals surface area contributed by atoms with Gasteiger partial charge in [0.15, 0.2) is 0 Å². The number of carbonyl (C=O) groups is 3. The first-order chi connectivity index (χ1) is 12.3. The summed E-state index contributed by atoms with van der Waals surface area (Å²) < 4.78 is 0.903. The molecule has 7 heteroatoms. The number of urea groups is 1. The first-order valence-corrected chi connectivity index (χ1v) is 8.86. The van der Waals surface area contributed by atoms with E-state index in [0.717, 1.165) is 14.9 Å². The van der Waals surface area contributed by atoms with Crippen LogP contribution in [0.4, 0.5) is 10.5 Å². The molecule has 6 nitrogen and oxygen atoms in total. The number of nitrogens with one attached hydrogen (secondary N) is 2. The van der Waals surface area contributed by atoms with E-state index in [-0.39, 0.29) is 6.54 Å². The minimum Gasteiger partial charge on any atom is -0.324 e. The van der Waals surface area contributed by atoms with Crippen molar-refractivity contribution in [3.05, 3.63) is 64.1 Å². The molecule has 0 aliphatic carbocycles. The van der Waals surface area contributed by atoms with Crippen molar-refractivity contribution in [2.45, 2.75) is 19.4 Å². The summed E-state index contributed by atoms with van der Waals surface area (Å²) in [5, 5.41) is 5.42. The molecule has 0 saturated carbocycles. The van der Waals surface area contributed by atoms with E-state index in [0.29, 0.717) is 11.3 Å². The number of amides is 4. The Balaban J connectivity index is 1.74. The predicted molar refractivity (Wildman–Crippen MR) is 102 cm³/mol. The van der Waals surface area contributed by atoms with Gasteiger partial charge in [-0.25, -0.2) is 4.79 Å². The zero-order valence-corrected chi connectivity index (χ0v) is 16.0. The maximum Gasteiger partial charge on any atom is 0.325 e. The summed E-state index contributed by atoms with van der Waals surface area (Å²) >= 11 is 3.37. The fourth-order valence-corrected chi connectivity index (χ4v) is 3.38. The van der Waals surface area contributed by atoms with Crippen molar-refractivity contribution in [3.63, 3.8) is 0 Å². The molecule has 1 heterocycles. The lowest BCUT2D eigenvalue weighted by atomic mass is 9.92. The number of carbonyl (C=O) groups excluding carboxylic acids is 3. The molecule has 1 aliphatic rings. The van der Waals surface area contributed by atoms with Crippen molar-refractivity contribution in [2.24, 2.45) is 0 Å². The molecule has 1 saturated heterocycles. The number of nitrogens with zero attached hydrogens (tertiary/aromatic N) is 1. The van der Waals surface area contributed by atoms with E-state index in [9.17, 15) is 14.4 Å². The van der Waals surface area contributed by atoms with Gasteiger partial charge in [-0.1, -0.05) is 46.3 Å². The molecular formula is C19H18BrN3O3. The molecule has 1 atom stereocenters. The number of hydrogen-bond acceptors (Lipinski definition) is 3. The van der Waals surface area contributed by atoms with Crippen molar-refractivity contribution in [1.29, 1.82) is 0 Å². The third-order valence-electron chi connectivity index (χ3n) is 4.39. The van der Waals surface area contributed by atoms with Crippen LogP contribution in [0.25, 0.3) is 0 Å². The molecule has 0 radical (unpaired) electrons. The second-order valence-electron chi connectivity index (χ2n) is 6.32. The Morgan fingerprint density at radius 2 is 1.88 bits per heavy atom. The fourth-order valence-electron chi connectivity index (χ4n) is 2.91. The van der Waals surface area contributed by atoms with E-state index in [1.807, 2.05) is 25.1 Å². The van der Waals surface area contributed by atoms with Gasteiger partial charge in [0, 0.05) is 10.2 Å². The molecular weight excluding hydrogens is 398 g/mol. The standard InChI is InChI=1S/C19H18BrN3O3/c1-12-10-14(20)8-9-15(12)21-16(24)11-23-17(25)19(2,22-18(23)26)13-6-4-3-5-7-13/h3-10H,11H2,1-2H3,(H,21,24)(H,22,26). The van der Waals surface area contributed by atoms with Crippen LogP contribution in [0.5, 0.6) is 0 Å². The molecule has 1 fully saturated rings. The number of halogens is 1. The number of anilines is 1. The normalized spacial score (nSPS) is 19.4. The lowest BCUT2D eigenvalue weighted by molar-refractivity contribution is -0.133. The maximum absolute atomic E-state index is 12.8.